The number of alkyl halides is 3. The van der Waals surface area contributed by atoms with Gasteiger partial charge < -0.3 is 15.6 Å². The van der Waals surface area contributed by atoms with Crippen molar-refractivity contribution in [1.29, 1.82) is 0 Å². The molecule has 0 fully saturated rings. The van der Waals surface area contributed by atoms with Crippen LogP contribution in [0.2, 0.25) is 0 Å². The smallest absolute Gasteiger partial charge is 0.481 e. The van der Waals surface area contributed by atoms with Crippen molar-refractivity contribution < 1.29 is 27.8 Å². The normalized spacial score (nSPS) is 12.9. The van der Waals surface area contributed by atoms with E-state index in [-0.39, 0.29) is 12.2 Å². The number of halogens is 3. The predicted octanol–water partition coefficient (Wildman–Crippen LogP) is 3.79. The molecular formula is C14H12F3NO3S. The Balaban J connectivity index is 2.20. The second-order valence-electron chi connectivity index (χ2n) is 4.48. The van der Waals surface area contributed by atoms with Crippen LogP contribution in [0.4, 0.5) is 13.2 Å². The van der Waals surface area contributed by atoms with E-state index in [1.54, 1.807) is 18.2 Å². The van der Waals surface area contributed by atoms with Gasteiger partial charge in [-0.15, -0.1) is 24.5 Å². The van der Waals surface area contributed by atoms with Crippen LogP contribution in [0.1, 0.15) is 17.3 Å². The molecule has 0 saturated heterocycles. The molecule has 1 atom stereocenters. The van der Waals surface area contributed by atoms with Crippen molar-refractivity contribution in [3.63, 3.8) is 0 Å². The first-order valence-electron chi connectivity index (χ1n) is 6.18. The van der Waals surface area contributed by atoms with Crippen LogP contribution in [-0.4, -0.2) is 17.4 Å². The van der Waals surface area contributed by atoms with Crippen molar-refractivity contribution in [2.75, 3.05) is 0 Å². The maximum absolute atomic E-state index is 12.2. The number of carboxylic acids is 1. The molecule has 0 bridgehead atoms. The molecular weight excluding hydrogens is 319 g/mol. The van der Waals surface area contributed by atoms with E-state index in [0.29, 0.717) is 15.3 Å². The maximum atomic E-state index is 12.2. The number of carboxylic acid groups (broad SMARTS) is 1. The lowest BCUT2D eigenvalue weighted by molar-refractivity contribution is -0.274. The van der Waals surface area contributed by atoms with Gasteiger partial charge in [0.2, 0.25) is 0 Å². The van der Waals surface area contributed by atoms with Crippen LogP contribution in [0, 0.1) is 0 Å². The number of benzene rings is 1. The molecule has 0 aliphatic heterocycles. The second-order valence-corrected chi connectivity index (χ2v) is 5.60. The van der Waals surface area contributed by atoms with Crippen LogP contribution >= 0.6 is 11.3 Å². The monoisotopic (exact) mass is 331 g/mol. The van der Waals surface area contributed by atoms with Crippen LogP contribution in [0.25, 0.3) is 10.4 Å². The SMILES string of the molecule is N[C@@H](CC(=O)O)c1ccc(-c2cccc(OC(F)(F)F)c2)s1. The zero-order valence-electron chi connectivity index (χ0n) is 11.1. The number of carbonyl (C=O) groups is 1. The number of hydrogen-bond donors (Lipinski definition) is 2. The summed E-state index contributed by atoms with van der Waals surface area (Å²) in [5.41, 5.74) is 6.30. The summed E-state index contributed by atoms with van der Waals surface area (Å²) in [5, 5.41) is 8.72. The summed E-state index contributed by atoms with van der Waals surface area (Å²) in [7, 11) is 0. The Hall–Kier alpha value is -2.06. The number of ether oxygens (including phenoxy) is 1. The molecule has 0 spiro atoms. The highest BCUT2D eigenvalue weighted by atomic mass is 32.1. The topological polar surface area (TPSA) is 72.6 Å². The quantitative estimate of drug-likeness (QED) is 0.874. The van der Waals surface area contributed by atoms with Gasteiger partial charge in [0.05, 0.1) is 6.42 Å². The van der Waals surface area contributed by atoms with E-state index in [4.69, 9.17) is 10.8 Å². The third-order valence-corrected chi connectivity index (χ3v) is 4.01. The Labute approximate surface area is 127 Å². The molecule has 118 valence electrons. The highest BCUT2D eigenvalue weighted by Gasteiger charge is 2.31. The minimum Gasteiger partial charge on any atom is -0.481 e. The van der Waals surface area contributed by atoms with Gasteiger partial charge in [0, 0.05) is 15.8 Å². The summed E-state index contributed by atoms with van der Waals surface area (Å²) in [6, 6.07) is 8.28. The molecule has 22 heavy (non-hydrogen) atoms. The van der Waals surface area contributed by atoms with Crippen LogP contribution in [0.5, 0.6) is 5.75 Å². The summed E-state index contributed by atoms with van der Waals surface area (Å²) in [4.78, 5) is 12.0. The molecule has 4 nitrogen and oxygen atoms in total. The lowest BCUT2D eigenvalue weighted by atomic mass is 10.1. The molecule has 2 rings (SSSR count). The van der Waals surface area contributed by atoms with Crippen LogP contribution in [0.3, 0.4) is 0 Å². The number of rotatable bonds is 5. The zero-order chi connectivity index (χ0) is 16.3. The summed E-state index contributed by atoms with van der Waals surface area (Å²) >= 11 is 1.24. The molecule has 0 aliphatic rings. The summed E-state index contributed by atoms with van der Waals surface area (Å²) in [6.07, 6.45) is -4.96. The van der Waals surface area contributed by atoms with Gasteiger partial charge >= 0.3 is 12.3 Å². The number of aliphatic carboxylic acids is 1. The zero-order valence-corrected chi connectivity index (χ0v) is 11.9. The van der Waals surface area contributed by atoms with Gasteiger partial charge in [-0.25, -0.2) is 0 Å². The van der Waals surface area contributed by atoms with E-state index in [0.717, 1.165) is 0 Å². The van der Waals surface area contributed by atoms with Gasteiger partial charge in [-0.3, -0.25) is 4.79 Å². The molecule has 8 heteroatoms. The largest absolute Gasteiger partial charge is 0.573 e. The fraction of sp³-hybridized carbons (Fsp3) is 0.214. The molecule has 1 aromatic heterocycles. The average molecular weight is 331 g/mol. The van der Waals surface area contributed by atoms with E-state index < -0.39 is 18.4 Å². The van der Waals surface area contributed by atoms with Gasteiger partial charge in [-0.2, -0.15) is 0 Å². The summed E-state index contributed by atoms with van der Waals surface area (Å²) in [5.74, 6) is -1.32. The van der Waals surface area contributed by atoms with E-state index in [2.05, 4.69) is 4.74 Å². The van der Waals surface area contributed by atoms with Crippen LogP contribution < -0.4 is 10.5 Å². The highest BCUT2D eigenvalue weighted by molar-refractivity contribution is 7.15. The second kappa shape index (κ2) is 6.37. The summed E-state index contributed by atoms with van der Waals surface area (Å²) in [6.45, 7) is 0. The highest BCUT2D eigenvalue weighted by Crippen LogP contribution is 2.34. The van der Waals surface area contributed by atoms with E-state index in [1.165, 1.54) is 29.5 Å². The lowest BCUT2D eigenvalue weighted by Gasteiger charge is -2.09. The first-order chi connectivity index (χ1) is 10.2. The van der Waals surface area contributed by atoms with Gasteiger partial charge in [0.15, 0.2) is 0 Å². The van der Waals surface area contributed by atoms with E-state index in [1.807, 2.05) is 0 Å². The third-order valence-electron chi connectivity index (χ3n) is 2.74. The van der Waals surface area contributed by atoms with Gasteiger partial charge in [-0.05, 0) is 29.8 Å². The first kappa shape index (κ1) is 16.3. The Bertz CT molecular complexity index is 669. The van der Waals surface area contributed by atoms with Crippen LogP contribution in [0.15, 0.2) is 36.4 Å². The molecule has 0 radical (unpaired) electrons. The Morgan fingerprint density at radius 3 is 2.68 bits per heavy atom. The van der Waals surface area contributed by atoms with E-state index in [9.17, 15) is 18.0 Å². The molecule has 0 amide bonds. The van der Waals surface area contributed by atoms with Crippen molar-refractivity contribution in [1.82, 2.24) is 0 Å². The molecule has 0 aliphatic carbocycles. The Morgan fingerprint density at radius 1 is 1.32 bits per heavy atom. The van der Waals surface area contributed by atoms with Crippen molar-refractivity contribution in [2.45, 2.75) is 18.8 Å². The third kappa shape index (κ3) is 4.47. The molecule has 0 unspecified atom stereocenters. The minimum absolute atomic E-state index is 0.211. The van der Waals surface area contributed by atoms with Gasteiger partial charge in [0.25, 0.3) is 0 Å². The molecule has 2 aromatic rings. The van der Waals surface area contributed by atoms with Crippen molar-refractivity contribution in [3.8, 4) is 16.2 Å². The average Bonchev–Trinajstić information content (AvgIpc) is 2.85. The van der Waals surface area contributed by atoms with Gasteiger partial charge in [-0.1, -0.05) is 12.1 Å². The fourth-order valence-electron chi connectivity index (χ4n) is 1.84. The van der Waals surface area contributed by atoms with E-state index >= 15 is 0 Å². The predicted molar refractivity (Wildman–Crippen MR) is 75.6 cm³/mol. The molecule has 1 heterocycles. The molecule has 0 saturated carbocycles. The Morgan fingerprint density at radius 2 is 2.05 bits per heavy atom. The first-order valence-corrected chi connectivity index (χ1v) is 6.99. The van der Waals surface area contributed by atoms with Crippen molar-refractivity contribution in [3.05, 3.63) is 41.3 Å². The van der Waals surface area contributed by atoms with Crippen LogP contribution in [-0.2, 0) is 4.79 Å². The molecule has 1 aromatic carbocycles. The number of hydrogen-bond acceptors (Lipinski definition) is 4. The standard InChI is InChI=1S/C14H12F3NO3S/c15-14(16,17)21-9-3-1-2-8(6-9)11-4-5-12(22-11)10(18)7-13(19)20/h1-6,10H,7,18H2,(H,19,20)/t10-/m0/s1. The summed E-state index contributed by atoms with van der Waals surface area (Å²) < 4.78 is 40.5. The lowest BCUT2D eigenvalue weighted by Crippen LogP contribution is -2.17. The Kier molecular flexibility index (Phi) is 4.72. The molecule has 3 N–H and O–H groups in total. The minimum atomic E-state index is -4.75. The van der Waals surface area contributed by atoms with Crippen molar-refractivity contribution in [2.24, 2.45) is 5.73 Å². The van der Waals surface area contributed by atoms with Gasteiger partial charge in [0.1, 0.15) is 5.75 Å². The number of thiophene rings is 1. The van der Waals surface area contributed by atoms with Crippen molar-refractivity contribution >= 4 is 17.3 Å². The number of nitrogens with two attached hydrogens (primary N) is 1. The fourth-order valence-corrected chi connectivity index (χ4v) is 2.85. The maximum Gasteiger partial charge on any atom is 0.573 e.